The van der Waals surface area contributed by atoms with Gasteiger partial charge < -0.3 is 15.2 Å². The highest BCUT2D eigenvalue weighted by Crippen LogP contribution is 2.31. The maximum absolute atomic E-state index is 12.6. The number of hydrogen-bond donors (Lipinski definition) is 2. The highest BCUT2D eigenvalue weighted by molar-refractivity contribution is 7.89. The van der Waals surface area contributed by atoms with Crippen LogP contribution in [0, 0.1) is 0 Å². The molecule has 0 aromatic heterocycles. The fourth-order valence-corrected chi connectivity index (χ4v) is 4.06. The van der Waals surface area contributed by atoms with Crippen molar-refractivity contribution in [3.05, 3.63) is 23.8 Å². The molecule has 1 aromatic carbocycles. The minimum atomic E-state index is -3.67. The van der Waals surface area contributed by atoms with Gasteiger partial charge in [-0.05, 0) is 37.1 Å². The highest BCUT2D eigenvalue weighted by atomic mass is 35.5. The summed E-state index contributed by atoms with van der Waals surface area (Å²) in [6.45, 7) is 4.29. The number of sulfonamides is 1. The van der Waals surface area contributed by atoms with E-state index in [-0.39, 0.29) is 36.5 Å². The van der Waals surface area contributed by atoms with Crippen LogP contribution in [0.25, 0.3) is 0 Å². The number of esters is 1. The van der Waals surface area contributed by atoms with Crippen LogP contribution in [-0.4, -0.2) is 39.7 Å². The van der Waals surface area contributed by atoms with Crippen LogP contribution < -0.4 is 15.2 Å². The maximum Gasteiger partial charge on any atom is 0.347 e. The van der Waals surface area contributed by atoms with Crippen molar-refractivity contribution in [1.29, 1.82) is 0 Å². The molecule has 1 aliphatic rings. The summed E-state index contributed by atoms with van der Waals surface area (Å²) < 4.78 is 38.3. The number of ether oxygens (including phenoxy) is 2. The topological polar surface area (TPSA) is 108 Å². The van der Waals surface area contributed by atoms with Crippen LogP contribution in [0.3, 0.4) is 0 Å². The van der Waals surface area contributed by atoms with E-state index >= 15 is 0 Å². The Hall–Kier alpha value is -1.35. The summed E-state index contributed by atoms with van der Waals surface area (Å²) in [7, 11) is -3.67. The van der Waals surface area contributed by atoms with Gasteiger partial charge in [-0.3, -0.25) is 0 Å². The number of benzene rings is 1. The van der Waals surface area contributed by atoms with Crippen molar-refractivity contribution in [1.82, 2.24) is 4.72 Å². The Morgan fingerprint density at radius 3 is 2.77 bits per heavy atom. The van der Waals surface area contributed by atoms with Gasteiger partial charge in [0.15, 0.2) is 6.10 Å². The number of hydrogen-bond acceptors (Lipinski definition) is 6. The lowest BCUT2D eigenvalue weighted by Crippen LogP contribution is -2.40. The molecule has 0 fully saturated rings. The first-order valence-corrected chi connectivity index (χ1v) is 10.1. The van der Waals surface area contributed by atoms with Crippen molar-refractivity contribution in [2.45, 2.75) is 56.6 Å². The zero-order valence-corrected chi connectivity index (χ0v) is 16.7. The summed E-state index contributed by atoms with van der Waals surface area (Å²) in [5, 5.41) is 0. The van der Waals surface area contributed by atoms with Crippen molar-refractivity contribution in [2.24, 2.45) is 5.73 Å². The Morgan fingerprint density at radius 1 is 1.42 bits per heavy atom. The molecule has 0 aliphatic carbocycles. The number of carbonyl (C=O) groups is 1. The number of halogens is 1. The van der Waals surface area contributed by atoms with Crippen LogP contribution in [0.5, 0.6) is 5.75 Å². The number of fused-ring (bicyclic) bond motifs is 1. The second kappa shape index (κ2) is 10.1. The van der Waals surface area contributed by atoms with E-state index in [0.29, 0.717) is 24.2 Å². The monoisotopic (exact) mass is 406 g/mol. The highest BCUT2D eigenvalue weighted by Gasteiger charge is 2.31. The first kappa shape index (κ1) is 22.7. The molecule has 1 aliphatic heterocycles. The number of nitrogens with two attached hydrogens (primary N) is 1. The van der Waals surface area contributed by atoms with Crippen molar-refractivity contribution in [2.75, 3.05) is 13.2 Å². The summed E-state index contributed by atoms with van der Waals surface area (Å²) >= 11 is 0. The maximum atomic E-state index is 12.6. The zero-order chi connectivity index (χ0) is 18.4. The van der Waals surface area contributed by atoms with E-state index in [0.717, 1.165) is 12.8 Å². The smallest absolute Gasteiger partial charge is 0.347 e. The van der Waals surface area contributed by atoms with E-state index in [1.54, 1.807) is 19.1 Å². The number of unbranched alkanes of at least 4 members (excludes halogenated alkanes) is 1. The summed E-state index contributed by atoms with van der Waals surface area (Å²) in [5.74, 6) is 0.0716. The van der Waals surface area contributed by atoms with Gasteiger partial charge in [0, 0.05) is 19.0 Å². The van der Waals surface area contributed by atoms with Gasteiger partial charge in [-0.15, -0.1) is 12.4 Å². The standard InChI is InChI=1S/C17H26N2O5S.ClH/c1-3-5-6-13(11-18)19-25(21,22)14-7-8-15-12(9-14)10-16(24-15)17(20)23-4-2;/h7-9,13,16,19H,3-6,10-11,18H2,1-2H3;1H. The lowest BCUT2D eigenvalue weighted by molar-refractivity contribution is -0.150. The van der Waals surface area contributed by atoms with Gasteiger partial charge in [0.05, 0.1) is 11.5 Å². The van der Waals surface area contributed by atoms with Crippen molar-refractivity contribution >= 4 is 28.4 Å². The molecule has 2 rings (SSSR count). The van der Waals surface area contributed by atoms with E-state index < -0.39 is 22.1 Å². The van der Waals surface area contributed by atoms with Gasteiger partial charge in [0.2, 0.25) is 10.0 Å². The molecule has 0 spiro atoms. The second-order valence-corrected chi connectivity index (χ2v) is 7.74. The van der Waals surface area contributed by atoms with Crippen LogP contribution in [0.4, 0.5) is 0 Å². The fourth-order valence-electron chi connectivity index (χ4n) is 2.72. The van der Waals surface area contributed by atoms with Crippen molar-refractivity contribution < 1.29 is 22.7 Å². The molecule has 1 aromatic rings. The molecule has 0 saturated carbocycles. The van der Waals surface area contributed by atoms with E-state index in [4.69, 9.17) is 15.2 Å². The molecule has 0 bridgehead atoms. The molecule has 0 radical (unpaired) electrons. The number of rotatable bonds is 9. The molecule has 3 N–H and O–H groups in total. The zero-order valence-electron chi connectivity index (χ0n) is 15.1. The Labute approximate surface area is 161 Å². The third kappa shape index (κ3) is 5.57. The Kier molecular flexibility index (Phi) is 8.82. The molecule has 2 unspecified atom stereocenters. The normalized spacial score (nSPS) is 17.0. The summed E-state index contributed by atoms with van der Waals surface area (Å²) in [6, 6.07) is 4.31. The van der Waals surface area contributed by atoms with E-state index in [1.165, 1.54) is 6.07 Å². The van der Waals surface area contributed by atoms with Gasteiger partial charge in [-0.2, -0.15) is 0 Å². The molecular formula is C17H27ClN2O5S. The molecule has 7 nitrogen and oxygen atoms in total. The van der Waals surface area contributed by atoms with Crippen LogP contribution >= 0.6 is 12.4 Å². The molecular weight excluding hydrogens is 380 g/mol. The lowest BCUT2D eigenvalue weighted by atomic mass is 10.1. The first-order chi connectivity index (χ1) is 11.9. The largest absolute Gasteiger partial charge is 0.478 e. The average Bonchev–Trinajstić information content (AvgIpc) is 3.02. The Bertz CT molecular complexity index is 711. The molecule has 0 amide bonds. The van der Waals surface area contributed by atoms with E-state index in [9.17, 15) is 13.2 Å². The van der Waals surface area contributed by atoms with Gasteiger partial charge in [-0.1, -0.05) is 19.8 Å². The third-order valence-electron chi connectivity index (χ3n) is 4.08. The summed E-state index contributed by atoms with van der Waals surface area (Å²) in [5.41, 5.74) is 6.35. The van der Waals surface area contributed by atoms with Gasteiger partial charge in [0.25, 0.3) is 0 Å². The third-order valence-corrected chi connectivity index (χ3v) is 5.60. The molecule has 148 valence electrons. The number of nitrogens with one attached hydrogen (secondary N) is 1. The predicted molar refractivity (Wildman–Crippen MR) is 101 cm³/mol. The van der Waals surface area contributed by atoms with Crippen LogP contribution in [-0.2, 0) is 26.0 Å². The SMILES string of the molecule is CCCCC(CN)NS(=O)(=O)c1ccc2c(c1)CC(C(=O)OCC)O2.Cl. The summed E-state index contributed by atoms with van der Waals surface area (Å²) in [4.78, 5) is 11.9. The quantitative estimate of drug-likeness (QED) is 0.605. The predicted octanol–water partition coefficient (Wildman–Crippen LogP) is 1.77. The van der Waals surface area contributed by atoms with Crippen LogP contribution in [0.15, 0.2) is 23.1 Å². The minimum Gasteiger partial charge on any atom is -0.478 e. The molecule has 26 heavy (non-hydrogen) atoms. The summed E-state index contributed by atoms with van der Waals surface area (Å²) in [6.07, 6.45) is 2.16. The van der Waals surface area contributed by atoms with Gasteiger partial charge >= 0.3 is 5.97 Å². The van der Waals surface area contributed by atoms with E-state index in [1.807, 2.05) is 6.92 Å². The molecule has 0 saturated heterocycles. The van der Waals surface area contributed by atoms with Crippen LogP contribution in [0.2, 0.25) is 0 Å². The number of carbonyl (C=O) groups excluding carboxylic acids is 1. The minimum absolute atomic E-state index is 0. The Balaban J connectivity index is 0.00000338. The molecule has 2 atom stereocenters. The molecule has 1 heterocycles. The Morgan fingerprint density at radius 2 is 2.15 bits per heavy atom. The molecule has 9 heteroatoms. The second-order valence-electron chi connectivity index (χ2n) is 6.03. The van der Waals surface area contributed by atoms with E-state index in [2.05, 4.69) is 4.72 Å². The van der Waals surface area contributed by atoms with Gasteiger partial charge in [0.1, 0.15) is 5.75 Å². The lowest BCUT2D eigenvalue weighted by Gasteiger charge is -2.17. The van der Waals surface area contributed by atoms with Gasteiger partial charge in [-0.25, -0.2) is 17.9 Å². The fraction of sp³-hybridized carbons (Fsp3) is 0.588. The van der Waals surface area contributed by atoms with Crippen molar-refractivity contribution in [3.8, 4) is 5.75 Å². The van der Waals surface area contributed by atoms with Crippen molar-refractivity contribution in [3.63, 3.8) is 0 Å². The average molecular weight is 407 g/mol. The van der Waals surface area contributed by atoms with Crippen LogP contribution in [0.1, 0.15) is 38.7 Å². The first-order valence-electron chi connectivity index (χ1n) is 8.59.